The lowest BCUT2D eigenvalue weighted by atomic mass is 9.95. The highest BCUT2D eigenvalue weighted by Gasteiger charge is 2.51. The SMILES string of the molecule is CSCCC1NC2(CCN(C(=O)S)CC2)N(Cc2ccccc2C#N)C1=O.FC(F)(F)c1ccc(Cl)cc1. The first-order valence-electron chi connectivity index (χ1n) is 11.9. The third-order valence-electron chi connectivity index (χ3n) is 6.63. The highest BCUT2D eigenvalue weighted by atomic mass is 35.5. The zero-order valence-corrected chi connectivity index (χ0v) is 23.1. The fraction of sp³-hybridized carbons (Fsp3) is 0.423. The van der Waals surface area contributed by atoms with E-state index < -0.39 is 17.4 Å². The summed E-state index contributed by atoms with van der Waals surface area (Å²) in [5, 5.41) is 13.1. The molecule has 0 bridgehead atoms. The number of hydrogen-bond donors (Lipinski definition) is 2. The number of nitrogens with one attached hydrogen (secondary N) is 1. The Morgan fingerprint density at radius 2 is 1.84 bits per heavy atom. The van der Waals surface area contributed by atoms with Crippen molar-refractivity contribution in [2.75, 3.05) is 25.1 Å². The minimum Gasteiger partial charge on any atom is -0.334 e. The average Bonchev–Trinajstić information content (AvgIpc) is 3.13. The van der Waals surface area contributed by atoms with Gasteiger partial charge in [-0.2, -0.15) is 30.2 Å². The minimum absolute atomic E-state index is 0.0856. The Kier molecular flexibility index (Phi) is 10.4. The molecule has 2 fully saturated rings. The van der Waals surface area contributed by atoms with E-state index in [2.05, 4.69) is 24.0 Å². The maximum Gasteiger partial charge on any atom is 0.416 e. The van der Waals surface area contributed by atoms with Crippen molar-refractivity contribution < 1.29 is 22.8 Å². The first kappa shape index (κ1) is 30.2. The Hall–Kier alpha value is -2.39. The van der Waals surface area contributed by atoms with Gasteiger partial charge in [0.1, 0.15) is 0 Å². The van der Waals surface area contributed by atoms with Crippen LogP contribution in [0.5, 0.6) is 0 Å². The molecule has 1 N–H and O–H groups in total. The topological polar surface area (TPSA) is 76.4 Å². The lowest BCUT2D eigenvalue weighted by Gasteiger charge is -2.44. The fourth-order valence-electron chi connectivity index (χ4n) is 4.58. The molecule has 0 aliphatic carbocycles. The van der Waals surface area contributed by atoms with Crippen LogP contribution >= 0.6 is 36.0 Å². The van der Waals surface area contributed by atoms with Crippen LogP contribution in [0.15, 0.2) is 48.5 Å². The number of hydrogen-bond acceptors (Lipinski definition) is 5. The van der Waals surface area contributed by atoms with Gasteiger partial charge in [0.05, 0.1) is 28.9 Å². The summed E-state index contributed by atoms with van der Waals surface area (Å²) in [7, 11) is 0. The van der Waals surface area contributed by atoms with Gasteiger partial charge in [0.25, 0.3) is 5.24 Å². The van der Waals surface area contributed by atoms with E-state index >= 15 is 0 Å². The summed E-state index contributed by atoms with van der Waals surface area (Å²) in [6.45, 7) is 1.53. The summed E-state index contributed by atoms with van der Waals surface area (Å²) >= 11 is 11.0. The van der Waals surface area contributed by atoms with Gasteiger partial charge in [0.2, 0.25) is 5.91 Å². The van der Waals surface area contributed by atoms with E-state index in [-0.39, 0.29) is 17.2 Å². The van der Waals surface area contributed by atoms with Crippen LogP contribution in [0.4, 0.5) is 18.0 Å². The Morgan fingerprint density at radius 1 is 1.21 bits per heavy atom. The zero-order valence-electron chi connectivity index (χ0n) is 20.7. The van der Waals surface area contributed by atoms with Crippen LogP contribution in [-0.2, 0) is 17.5 Å². The number of carbonyl (C=O) groups excluding carboxylic acids is 2. The van der Waals surface area contributed by atoms with E-state index in [1.54, 1.807) is 22.7 Å². The van der Waals surface area contributed by atoms with Crippen LogP contribution in [0, 0.1) is 11.3 Å². The van der Waals surface area contributed by atoms with Gasteiger partial charge in [0, 0.05) is 37.5 Å². The summed E-state index contributed by atoms with van der Waals surface area (Å²) in [5.74, 6) is 0.992. The second-order valence-electron chi connectivity index (χ2n) is 8.98. The summed E-state index contributed by atoms with van der Waals surface area (Å²) in [4.78, 5) is 28.4. The van der Waals surface area contributed by atoms with Crippen molar-refractivity contribution in [1.29, 1.82) is 5.26 Å². The lowest BCUT2D eigenvalue weighted by molar-refractivity contribution is -0.137. The first-order valence-corrected chi connectivity index (χ1v) is 14.1. The first-order chi connectivity index (χ1) is 18.0. The quantitative estimate of drug-likeness (QED) is 0.434. The Morgan fingerprint density at radius 3 is 2.39 bits per heavy atom. The van der Waals surface area contributed by atoms with Crippen molar-refractivity contribution in [2.24, 2.45) is 0 Å². The van der Waals surface area contributed by atoms with E-state index in [1.807, 2.05) is 29.4 Å². The van der Waals surface area contributed by atoms with Gasteiger partial charge >= 0.3 is 6.18 Å². The Balaban J connectivity index is 0.000000304. The second kappa shape index (κ2) is 13.1. The summed E-state index contributed by atoms with van der Waals surface area (Å²) in [5.41, 5.74) is 0.299. The molecule has 0 radical (unpaired) electrons. The van der Waals surface area contributed by atoms with Crippen LogP contribution in [0.1, 0.15) is 36.0 Å². The molecule has 1 unspecified atom stereocenters. The average molecular weight is 585 g/mol. The van der Waals surface area contributed by atoms with Gasteiger partial charge < -0.3 is 9.80 Å². The largest absolute Gasteiger partial charge is 0.416 e. The van der Waals surface area contributed by atoms with E-state index in [4.69, 9.17) is 11.6 Å². The van der Waals surface area contributed by atoms with Gasteiger partial charge in [-0.15, -0.1) is 0 Å². The summed E-state index contributed by atoms with van der Waals surface area (Å²) in [6.07, 6.45) is -0.143. The summed E-state index contributed by atoms with van der Waals surface area (Å²) < 4.78 is 35.6. The number of likely N-dealkylation sites (tertiary alicyclic amines) is 1. The van der Waals surface area contributed by atoms with Gasteiger partial charge in [0.15, 0.2) is 0 Å². The maximum absolute atomic E-state index is 13.2. The van der Waals surface area contributed by atoms with Gasteiger partial charge in [-0.05, 0) is 54.3 Å². The van der Waals surface area contributed by atoms with Gasteiger partial charge in [-0.3, -0.25) is 14.9 Å². The predicted molar refractivity (Wildman–Crippen MR) is 146 cm³/mol. The Bertz CT molecular complexity index is 1170. The molecular weight excluding hydrogens is 557 g/mol. The molecule has 2 aliphatic rings. The van der Waals surface area contributed by atoms with Crippen molar-refractivity contribution in [1.82, 2.24) is 15.1 Å². The minimum atomic E-state index is -4.27. The number of nitrogens with zero attached hydrogens (tertiary/aromatic N) is 3. The van der Waals surface area contributed by atoms with Crippen LogP contribution in [0.25, 0.3) is 0 Å². The van der Waals surface area contributed by atoms with Crippen molar-refractivity contribution in [3.63, 3.8) is 0 Å². The number of halogens is 4. The third kappa shape index (κ3) is 7.38. The molecular formula is C26H28ClF3N4O2S2. The maximum atomic E-state index is 13.2. The molecule has 0 aromatic heterocycles. The molecule has 38 heavy (non-hydrogen) atoms. The molecule has 4 rings (SSSR count). The van der Waals surface area contributed by atoms with Crippen LogP contribution in [0.2, 0.25) is 5.02 Å². The summed E-state index contributed by atoms with van der Waals surface area (Å²) in [6, 6.07) is 13.7. The van der Waals surface area contributed by atoms with E-state index in [1.165, 1.54) is 12.1 Å². The number of thiol groups is 1. The molecule has 12 heteroatoms. The van der Waals surface area contributed by atoms with Crippen LogP contribution in [0.3, 0.4) is 0 Å². The monoisotopic (exact) mass is 584 g/mol. The van der Waals surface area contributed by atoms with Crippen molar-refractivity contribution in [3.8, 4) is 6.07 Å². The van der Waals surface area contributed by atoms with Gasteiger partial charge in [-0.1, -0.05) is 42.4 Å². The van der Waals surface area contributed by atoms with Crippen molar-refractivity contribution in [3.05, 3.63) is 70.2 Å². The zero-order chi connectivity index (χ0) is 27.9. The van der Waals surface area contributed by atoms with Crippen LogP contribution < -0.4 is 5.32 Å². The number of nitriles is 1. The fourth-order valence-corrected chi connectivity index (χ4v) is 5.38. The van der Waals surface area contributed by atoms with Gasteiger partial charge in [-0.25, -0.2) is 0 Å². The van der Waals surface area contributed by atoms with E-state index in [0.717, 1.165) is 29.9 Å². The Labute approximate surface area is 234 Å². The standard InChI is InChI=1S/C19H24N4O2S2.C7H4ClF3/c1-27-11-6-16-17(24)23(13-15-5-3-2-4-14(15)12-20)19(21-16)7-9-22(10-8-19)18(25)26;8-6-3-1-5(2-4-6)7(9,10)11/h2-5,16,21H,6-11,13H2,1H3,(H,25,26);1-4H. The van der Waals surface area contributed by atoms with Crippen molar-refractivity contribution in [2.45, 2.75) is 43.7 Å². The molecule has 204 valence electrons. The number of benzene rings is 2. The molecule has 2 saturated heterocycles. The number of thioether (sulfide) groups is 1. The third-order valence-corrected chi connectivity index (χ3v) is 7.81. The molecule has 2 amide bonds. The smallest absolute Gasteiger partial charge is 0.334 e. The number of alkyl halides is 3. The molecule has 2 heterocycles. The second-order valence-corrected chi connectivity index (χ2v) is 10.8. The molecule has 0 saturated carbocycles. The number of piperidine rings is 1. The highest BCUT2D eigenvalue weighted by Crippen LogP contribution is 2.35. The molecule has 2 aliphatic heterocycles. The normalized spacial score (nSPS) is 18.7. The number of rotatable bonds is 5. The molecule has 6 nitrogen and oxygen atoms in total. The molecule has 1 spiro atoms. The highest BCUT2D eigenvalue weighted by molar-refractivity contribution is 7.98. The van der Waals surface area contributed by atoms with Crippen LogP contribution in [-0.4, -0.2) is 57.7 Å². The molecule has 2 aromatic rings. The van der Waals surface area contributed by atoms with E-state index in [9.17, 15) is 28.0 Å². The predicted octanol–water partition coefficient (Wildman–Crippen LogP) is 5.81. The molecule has 1 atom stereocenters. The van der Waals surface area contributed by atoms with E-state index in [0.29, 0.717) is 43.1 Å². The lowest BCUT2D eigenvalue weighted by Crippen LogP contribution is -2.59. The van der Waals surface area contributed by atoms with Crippen molar-refractivity contribution >= 4 is 47.1 Å². The number of carbonyl (C=O) groups is 2. The molecule has 2 aromatic carbocycles. The number of amides is 2.